The highest BCUT2D eigenvalue weighted by atomic mass is 16.2. The average molecular weight is 411 g/mol. The summed E-state index contributed by atoms with van der Waals surface area (Å²) < 4.78 is 0. The minimum Gasteiger partial charge on any atom is -0.396 e. The van der Waals surface area contributed by atoms with Gasteiger partial charge < -0.3 is 10.4 Å². The maximum atomic E-state index is 9.42. The monoisotopic (exact) mass is 410 g/mol. The normalized spacial score (nSPS) is 24.5. The first-order chi connectivity index (χ1) is 15.3. The molecule has 1 aliphatic carbocycles. The molecule has 0 aromatic heterocycles. The van der Waals surface area contributed by atoms with Gasteiger partial charge in [-0.05, 0) is 54.4 Å². The zero-order valence-corrected chi connectivity index (χ0v) is 17.9. The van der Waals surface area contributed by atoms with Gasteiger partial charge in [-0.2, -0.15) is 0 Å². The quantitative estimate of drug-likeness (QED) is 0.504. The number of aliphatic imine (C=N–C) groups is 1. The van der Waals surface area contributed by atoms with Crippen LogP contribution in [-0.4, -0.2) is 17.5 Å². The smallest absolute Gasteiger partial charge is 0.108 e. The minimum atomic E-state index is -0.0949. The summed E-state index contributed by atoms with van der Waals surface area (Å²) in [5, 5.41) is 13.3. The predicted molar refractivity (Wildman–Crippen MR) is 126 cm³/mol. The van der Waals surface area contributed by atoms with Crippen LogP contribution >= 0.6 is 0 Å². The topological polar surface area (TPSA) is 44.6 Å². The molecule has 0 spiro atoms. The summed E-state index contributed by atoms with van der Waals surface area (Å²) in [4.78, 5) is 5.39. The number of rotatable bonds is 7. The highest BCUT2D eigenvalue weighted by Crippen LogP contribution is 2.47. The number of hydrogen-bond acceptors (Lipinski definition) is 3. The van der Waals surface area contributed by atoms with Crippen molar-refractivity contribution in [2.45, 2.75) is 49.6 Å². The lowest BCUT2D eigenvalue weighted by Crippen LogP contribution is -2.41. The van der Waals surface area contributed by atoms with Gasteiger partial charge in [0.05, 0.1) is 11.5 Å². The second-order valence-electron chi connectivity index (χ2n) is 8.79. The molecule has 0 unspecified atom stereocenters. The predicted octanol–water partition coefficient (Wildman–Crippen LogP) is 5.52. The number of fused-ring (bicyclic) bond motifs is 1. The third-order valence-corrected chi connectivity index (χ3v) is 6.99. The lowest BCUT2D eigenvalue weighted by atomic mass is 9.76. The first-order valence-corrected chi connectivity index (χ1v) is 11.5. The minimum absolute atomic E-state index is 0.0566. The van der Waals surface area contributed by atoms with Crippen LogP contribution in [0, 0.1) is 0 Å². The van der Waals surface area contributed by atoms with Crippen LogP contribution in [0.25, 0.3) is 0 Å². The van der Waals surface area contributed by atoms with Crippen LogP contribution < -0.4 is 5.32 Å². The van der Waals surface area contributed by atoms with Crippen molar-refractivity contribution in [2.75, 3.05) is 6.61 Å². The third-order valence-electron chi connectivity index (χ3n) is 6.99. The van der Waals surface area contributed by atoms with Crippen molar-refractivity contribution >= 4 is 5.84 Å². The van der Waals surface area contributed by atoms with Crippen molar-refractivity contribution in [3.8, 4) is 0 Å². The van der Waals surface area contributed by atoms with Crippen molar-refractivity contribution < 1.29 is 5.11 Å². The molecule has 3 nitrogen and oxygen atoms in total. The highest BCUT2D eigenvalue weighted by molar-refractivity contribution is 5.96. The zero-order valence-electron chi connectivity index (χ0n) is 17.9. The first kappa shape index (κ1) is 20.0. The number of nitrogens with zero attached hydrogens (tertiary/aromatic N) is 1. The number of aryl methyl sites for hydroxylation is 1. The molecule has 0 amide bonds. The summed E-state index contributed by atoms with van der Waals surface area (Å²) >= 11 is 0. The maximum absolute atomic E-state index is 9.42. The molecule has 1 heterocycles. The molecule has 3 aromatic rings. The molecular formula is C28H30N2O. The van der Waals surface area contributed by atoms with E-state index >= 15 is 0 Å². The summed E-state index contributed by atoms with van der Waals surface area (Å²) in [6, 6.07) is 30.4. The molecule has 31 heavy (non-hydrogen) atoms. The number of hydrogen-bond donors (Lipinski definition) is 2. The van der Waals surface area contributed by atoms with E-state index < -0.39 is 0 Å². The largest absolute Gasteiger partial charge is 0.396 e. The van der Waals surface area contributed by atoms with Crippen molar-refractivity contribution in [3.63, 3.8) is 0 Å². The van der Waals surface area contributed by atoms with Crippen molar-refractivity contribution in [2.24, 2.45) is 4.99 Å². The number of amidine groups is 1. The first-order valence-electron chi connectivity index (χ1n) is 11.5. The lowest BCUT2D eigenvalue weighted by Gasteiger charge is -2.32. The average Bonchev–Trinajstić information content (AvgIpc) is 3.44. The summed E-state index contributed by atoms with van der Waals surface area (Å²) in [6.07, 6.45) is 5.01. The van der Waals surface area contributed by atoms with Crippen LogP contribution in [0.4, 0.5) is 0 Å². The summed E-state index contributed by atoms with van der Waals surface area (Å²) in [7, 11) is 0. The van der Waals surface area contributed by atoms with Gasteiger partial charge in [0.15, 0.2) is 0 Å². The van der Waals surface area contributed by atoms with Crippen molar-refractivity contribution in [3.05, 3.63) is 107 Å². The van der Waals surface area contributed by atoms with Gasteiger partial charge in [0.1, 0.15) is 11.9 Å². The van der Waals surface area contributed by atoms with Crippen LogP contribution in [0.5, 0.6) is 0 Å². The second kappa shape index (κ2) is 8.68. The molecule has 3 heteroatoms. The Bertz CT molecular complexity index is 1050. The van der Waals surface area contributed by atoms with Gasteiger partial charge in [0.25, 0.3) is 0 Å². The molecule has 3 atom stereocenters. The van der Waals surface area contributed by atoms with E-state index in [0.29, 0.717) is 0 Å². The molecule has 158 valence electrons. The molecule has 0 bridgehead atoms. The standard InChI is InChI=1S/C28H30N2O/c31-20-10-9-18-28(19-17-21-11-7-8-16-24(21)28)27-29-25(22-12-3-1-4-13-22)26(30-27)23-14-5-2-6-15-23/h1-8,11-16,25-26,31H,9-10,17-20H2,(H,29,30)/t25-,26-,28+/m0/s1. The molecular weight excluding hydrogens is 380 g/mol. The van der Waals surface area contributed by atoms with Crippen LogP contribution in [0.15, 0.2) is 89.9 Å². The number of aliphatic hydroxyl groups excluding tert-OH is 1. The molecule has 2 N–H and O–H groups in total. The number of aliphatic hydroxyl groups is 1. The Labute approximate surface area is 184 Å². The van der Waals surface area contributed by atoms with Gasteiger partial charge in [-0.1, -0.05) is 84.9 Å². The molecule has 1 aliphatic heterocycles. The van der Waals surface area contributed by atoms with Crippen molar-refractivity contribution in [1.82, 2.24) is 5.32 Å². The van der Waals surface area contributed by atoms with Crippen LogP contribution in [-0.2, 0) is 11.8 Å². The molecule has 3 aromatic carbocycles. The number of benzene rings is 3. The molecule has 0 saturated carbocycles. The van der Waals surface area contributed by atoms with Gasteiger partial charge in [0, 0.05) is 6.61 Å². The summed E-state index contributed by atoms with van der Waals surface area (Å²) in [5.74, 6) is 1.12. The Balaban J connectivity index is 1.58. The van der Waals surface area contributed by atoms with Gasteiger partial charge in [-0.15, -0.1) is 0 Å². The van der Waals surface area contributed by atoms with E-state index in [-0.39, 0.29) is 24.1 Å². The van der Waals surface area contributed by atoms with Gasteiger partial charge in [0.2, 0.25) is 0 Å². The van der Waals surface area contributed by atoms with E-state index in [0.717, 1.165) is 37.9 Å². The van der Waals surface area contributed by atoms with Gasteiger partial charge >= 0.3 is 0 Å². The van der Waals surface area contributed by atoms with E-state index in [4.69, 9.17) is 4.99 Å². The van der Waals surface area contributed by atoms with Crippen LogP contribution in [0.1, 0.15) is 60.0 Å². The molecule has 2 aliphatic rings. The van der Waals surface area contributed by atoms with E-state index in [1.165, 1.54) is 22.3 Å². The maximum Gasteiger partial charge on any atom is 0.108 e. The zero-order chi connectivity index (χ0) is 21.1. The molecule has 0 saturated heterocycles. The van der Waals surface area contributed by atoms with E-state index in [2.05, 4.69) is 90.2 Å². The summed E-state index contributed by atoms with van der Waals surface area (Å²) in [5.41, 5.74) is 5.28. The Hall–Kier alpha value is -2.91. The number of unbranched alkanes of at least 4 members (excludes halogenated alkanes) is 1. The second-order valence-corrected chi connectivity index (χ2v) is 8.79. The summed E-state index contributed by atoms with van der Waals surface area (Å²) in [6.45, 7) is 0.247. The molecule has 5 rings (SSSR count). The Morgan fingerprint density at radius 1 is 0.839 bits per heavy atom. The lowest BCUT2D eigenvalue weighted by molar-refractivity contribution is 0.278. The van der Waals surface area contributed by atoms with Crippen LogP contribution in [0.3, 0.4) is 0 Å². The Kier molecular flexibility index (Phi) is 5.61. The van der Waals surface area contributed by atoms with E-state index in [9.17, 15) is 5.11 Å². The fraction of sp³-hybridized carbons (Fsp3) is 0.321. The van der Waals surface area contributed by atoms with Crippen LogP contribution in [0.2, 0.25) is 0 Å². The highest BCUT2D eigenvalue weighted by Gasteiger charge is 2.46. The van der Waals surface area contributed by atoms with Gasteiger partial charge in [-0.25, -0.2) is 0 Å². The third kappa shape index (κ3) is 3.68. The molecule has 0 fully saturated rings. The number of nitrogens with one attached hydrogen (secondary N) is 1. The fourth-order valence-electron chi connectivity index (χ4n) is 5.43. The SMILES string of the molecule is OCCCC[C@@]1(C2=N[C@@H](c3ccccc3)[C@H](c3ccccc3)N2)CCc2ccccc21. The Morgan fingerprint density at radius 3 is 2.26 bits per heavy atom. The van der Waals surface area contributed by atoms with Crippen molar-refractivity contribution in [1.29, 1.82) is 0 Å². The fourth-order valence-corrected chi connectivity index (χ4v) is 5.43. The van der Waals surface area contributed by atoms with E-state index in [1.54, 1.807) is 0 Å². The van der Waals surface area contributed by atoms with Gasteiger partial charge in [-0.3, -0.25) is 4.99 Å². The van der Waals surface area contributed by atoms with E-state index in [1.807, 2.05) is 0 Å². The Morgan fingerprint density at radius 2 is 1.52 bits per heavy atom. The molecule has 0 radical (unpaired) electrons.